The molecule has 0 spiro atoms. The van der Waals surface area contributed by atoms with Crippen LogP contribution < -0.4 is 20.7 Å². The number of carbonyl (C=O) groups excluding carboxylic acids is 1. The minimum atomic E-state index is -0.113. The Bertz CT molecular complexity index is 636. The number of hydrogen-bond donors (Lipinski definition) is 3. The van der Waals surface area contributed by atoms with Crippen LogP contribution in [-0.2, 0) is 11.3 Å². The predicted molar refractivity (Wildman–Crippen MR) is 129 cm³/mol. The number of likely N-dealkylation sites (N-methyl/N-ethyl adjacent to an activating group) is 1. The molecule has 1 aliphatic heterocycles. The average molecular weight is 520 g/mol. The summed E-state index contributed by atoms with van der Waals surface area (Å²) in [6.07, 6.45) is 2.54. The van der Waals surface area contributed by atoms with Gasteiger partial charge in [0, 0.05) is 24.4 Å². The van der Waals surface area contributed by atoms with Gasteiger partial charge in [0.25, 0.3) is 5.91 Å². The highest BCUT2D eigenvalue weighted by molar-refractivity contribution is 14.0. The molecule has 0 radical (unpaired) electrons. The monoisotopic (exact) mass is 520 g/mol. The Kier molecular flexibility index (Phi) is 11.7. The van der Waals surface area contributed by atoms with E-state index in [0.29, 0.717) is 23.6 Å². The summed E-state index contributed by atoms with van der Waals surface area (Å²) in [4.78, 5) is 16.2. The lowest BCUT2D eigenvalue weighted by Gasteiger charge is -2.24. The summed E-state index contributed by atoms with van der Waals surface area (Å²) >= 11 is 2.04. The van der Waals surface area contributed by atoms with Crippen molar-refractivity contribution < 1.29 is 9.53 Å². The first-order valence-electron chi connectivity index (χ1n) is 9.69. The van der Waals surface area contributed by atoms with Gasteiger partial charge < -0.3 is 20.7 Å². The van der Waals surface area contributed by atoms with Gasteiger partial charge in [0.15, 0.2) is 12.6 Å². The van der Waals surface area contributed by atoms with Crippen molar-refractivity contribution >= 4 is 47.6 Å². The van der Waals surface area contributed by atoms with E-state index in [2.05, 4.69) is 29.8 Å². The maximum absolute atomic E-state index is 11.5. The summed E-state index contributed by atoms with van der Waals surface area (Å²) in [5.41, 5.74) is 1.04. The maximum Gasteiger partial charge on any atom is 0.257 e. The van der Waals surface area contributed by atoms with Crippen molar-refractivity contribution in [2.75, 3.05) is 32.0 Å². The minimum absolute atomic E-state index is 0. The Balaban J connectivity index is 0.00000392. The summed E-state index contributed by atoms with van der Waals surface area (Å²) in [6, 6.07) is 7.73. The van der Waals surface area contributed by atoms with E-state index in [0.717, 1.165) is 24.6 Å². The fraction of sp³-hybridized carbons (Fsp3) is 0.600. The fourth-order valence-electron chi connectivity index (χ4n) is 2.89. The highest BCUT2D eigenvalue weighted by Gasteiger charge is 2.29. The number of halogens is 1. The van der Waals surface area contributed by atoms with Crippen molar-refractivity contribution in [3.63, 3.8) is 0 Å². The third kappa shape index (κ3) is 8.89. The number of thioether (sulfide) groups is 1. The Morgan fingerprint density at radius 2 is 2.04 bits per heavy atom. The van der Waals surface area contributed by atoms with Crippen LogP contribution in [0.1, 0.15) is 39.2 Å². The van der Waals surface area contributed by atoms with Crippen LogP contribution in [0.4, 0.5) is 0 Å². The van der Waals surface area contributed by atoms with Gasteiger partial charge in [-0.05, 0) is 57.1 Å². The van der Waals surface area contributed by atoms with Gasteiger partial charge in [-0.2, -0.15) is 11.8 Å². The molecule has 8 heteroatoms. The van der Waals surface area contributed by atoms with E-state index in [-0.39, 0.29) is 36.5 Å². The van der Waals surface area contributed by atoms with Crippen molar-refractivity contribution in [1.29, 1.82) is 0 Å². The lowest BCUT2D eigenvalue weighted by molar-refractivity contribution is -0.122. The first kappa shape index (κ1) is 24.9. The van der Waals surface area contributed by atoms with Crippen LogP contribution in [-0.4, -0.2) is 48.6 Å². The molecule has 1 aliphatic rings. The van der Waals surface area contributed by atoms with Crippen LogP contribution in [0.2, 0.25) is 0 Å². The quantitative estimate of drug-likeness (QED) is 0.265. The van der Waals surface area contributed by atoms with Gasteiger partial charge in [-0.1, -0.05) is 12.1 Å². The second-order valence-corrected chi connectivity index (χ2v) is 8.52. The van der Waals surface area contributed by atoms with Crippen molar-refractivity contribution in [3.8, 4) is 5.75 Å². The molecule has 1 saturated heterocycles. The second kappa shape index (κ2) is 13.1. The standard InChI is InChI=1S/C20H32N4O2S.HI/c1-4-21-18(25)14-26-17-9-6-8-16(12-17)13-23-19(22-5-2)24-15-20(3)10-7-11-27-20;/h6,8-9,12H,4-5,7,10-11,13-15H2,1-3H3,(H,21,25)(H2,22,23,24);1H. The molecule has 2 rings (SSSR count). The zero-order valence-electron chi connectivity index (χ0n) is 17.0. The average Bonchev–Trinajstić information content (AvgIpc) is 3.10. The summed E-state index contributed by atoms with van der Waals surface area (Å²) in [5.74, 6) is 2.65. The summed E-state index contributed by atoms with van der Waals surface area (Å²) in [7, 11) is 0. The van der Waals surface area contributed by atoms with Crippen LogP contribution in [0, 0.1) is 0 Å². The van der Waals surface area contributed by atoms with E-state index < -0.39 is 0 Å². The topological polar surface area (TPSA) is 74.8 Å². The van der Waals surface area contributed by atoms with Gasteiger partial charge in [0.1, 0.15) is 5.75 Å². The van der Waals surface area contributed by atoms with Crippen LogP contribution in [0.25, 0.3) is 0 Å². The van der Waals surface area contributed by atoms with Crippen molar-refractivity contribution in [1.82, 2.24) is 16.0 Å². The SMILES string of the molecule is CCNC(=O)COc1cccc(CN=C(NCC)NCC2(C)CCCS2)c1.I. The zero-order chi connectivity index (χ0) is 19.5. The number of carbonyl (C=O) groups is 1. The largest absolute Gasteiger partial charge is 0.484 e. The highest BCUT2D eigenvalue weighted by atomic mass is 127. The number of ether oxygens (including phenoxy) is 1. The number of guanidine groups is 1. The first-order chi connectivity index (χ1) is 13.0. The van der Waals surface area contributed by atoms with Crippen LogP contribution in [0.3, 0.4) is 0 Å². The Morgan fingerprint density at radius 3 is 2.71 bits per heavy atom. The van der Waals surface area contributed by atoms with Crippen molar-refractivity contribution in [2.24, 2.45) is 4.99 Å². The van der Waals surface area contributed by atoms with Crippen LogP contribution in [0.15, 0.2) is 29.3 Å². The zero-order valence-corrected chi connectivity index (χ0v) is 20.2. The molecule has 1 unspecified atom stereocenters. The van der Waals surface area contributed by atoms with Crippen LogP contribution in [0.5, 0.6) is 5.75 Å². The van der Waals surface area contributed by atoms with E-state index >= 15 is 0 Å². The van der Waals surface area contributed by atoms with Gasteiger partial charge in [-0.15, -0.1) is 24.0 Å². The molecule has 3 N–H and O–H groups in total. The van der Waals surface area contributed by atoms with Gasteiger partial charge in [0.05, 0.1) is 6.54 Å². The molecule has 1 amide bonds. The highest BCUT2D eigenvalue weighted by Crippen LogP contribution is 2.36. The number of nitrogens with one attached hydrogen (secondary N) is 3. The van der Waals surface area contributed by atoms with E-state index in [4.69, 9.17) is 9.73 Å². The minimum Gasteiger partial charge on any atom is -0.484 e. The van der Waals surface area contributed by atoms with E-state index in [1.54, 1.807) is 0 Å². The van der Waals surface area contributed by atoms with Gasteiger partial charge in [0.2, 0.25) is 0 Å². The third-order valence-electron chi connectivity index (χ3n) is 4.34. The number of amides is 1. The Hall–Kier alpha value is -1.16. The van der Waals surface area contributed by atoms with E-state index in [9.17, 15) is 4.79 Å². The molecule has 158 valence electrons. The van der Waals surface area contributed by atoms with Gasteiger partial charge in [-0.25, -0.2) is 4.99 Å². The summed E-state index contributed by atoms with van der Waals surface area (Å²) in [6.45, 7) is 9.20. The molecule has 1 aromatic carbocycles. The maximum atomic E-state index is 11.5. The molecule has 0 bridgehead atoms. The van der Waals surface area contributed by atoms with Crippen molar-refractivity contribution in [3.05, 3.63) is 29.8 Å². The fourth-order valence-corrected chi connectivity index (χ4v) is 4.13. The molecule has 6 nitrogen and oxygen atoms in total. The summed E-state index contributed by atoms with van der Waals surface area (Å²) < 4.78 is 5.84. The van der Waals surface area contributed by atoms with Crippen LogP contribution >= 0.6 is 35.7 Å². The Morgan fingerprint density at radius 1 is 1.25 bits per heavy atom. The van der Waals surface area contributed by atoms with Crippen molar-refractivity contribution in [2.45, 2.75) is 44.9 Å². The molecule has 1 aromatic rings. The second-order valence-electron chi connectivity index (χ2n) is 6.84. The van der Waals surface area contributed by atoms with Gasteiger partial charge >= 0.3 is 0 Å². The first-order valence-corrected chi connectivity index (χ1v) is 10.7. The number of benzene rings is 1. The Labute approximate surface area is 190 Å². The molecule has 1 fully saturated rings. The summed E-state index contributed by atoms with van der Waals surface area (Å²) in [5, 5.41) is 9.50. The lowest BCUT2D eigenvalue weighted by atomic mass is 10.1. The number of nitrogens with zero attached hydrogens (tertiary/aromatic N) is 1. The number of aliphatic imine (C=N–C) groups is 1. The lowest BCUT2D eigenvalue weighted by Crippen LogP contribution is -2.43. The number of rotatable bonds is 9. The normalized spacial score (nSPS) is 18.9. The van der Waals surface area contributed by atoms with E-state index in [1.165, 1.54) is 18.6 Å². The van der Waals surface area contributed by atoms with E-state index in [1.807, 2.05) is 43.0 Å². The smallest absolute Gasteiger partial charge is 0.257 e. The molecule has 0 aliphatic carbocycles. The molecular weight excluding hydrogens is 487 g/mol. The molecule has 1 heterocycles. The molecule has 28 heavy (non-hydrogen) atoms. The predicted octanol–water partition coefficient (Wildman–Crippen LogP) is 3.16. The molecule has 0 aromatic heterocycles. The third-order valence-corrected chi connectivity index (χ3v) is 5.87. The van der Waals surface area contributed by atoms with Gasteiger partial charge in [-0.3, -0.25) is 4.79 Å². The molecule has 1 atom stereocenters. The molecular formula is C20H33IN4O2S. The molecule has 0 saturated carbocycles. The number of hydrogen-bond acceptors (Lipinski definition) is 4.